The number of para-hydroxylation sites is 1. The van der Waals surface area contributed by atoms with Gasteiger partial charge in [0.15, 0.2) is 5.96 Å². The van der Waals surface area contributed by atoms with E-state index in [1.807, 2.05) is 35.2 Å². The number of hydrogen-bond acceptors (Lipinski definition) is 4. The average Bonchev–Trinajstić information content (AvgIpc) is 3.24. The van der Waals surface area contributed by atoms with Gasteiger partial charge in [-0.3, -0.25) is 9.79 Å². The molecular weight excluding hydrogens is 378 g/mol. The van der Waals surface area contributed by atoms with Crippen LogP contribution in [-0.4, -0.2) is 52.8 Å². The number of hydrogen-bond donors (Lipinski definition) is 2. The van der Waals surface area contributed by atoms with Gasteiger partial charge in [-0.1, -0.05) is 24.6 Å². The summed E-state index contributed by atoms with van der Waals surface area (Å²) in [6.45, 7) is 2.49. The summed E-state index contributed by atoms with van der Waals surface area (Å²) in [5.41, 5.74) is 0.946. The van der Waals surface area contributed by atoms with Gasteiger partial charge >= 0.3 is 0 Å². The van der Waals surface area contributed by atoms with E-state index in [4.69, 9.17) is 0 Å². The zero-order valence-corrected chi connectivity index (χ0v) is 17.7. The van der Waals surface area contributed by atoms with Crippen molar-refractivity contribution >= 4 is 17.6 Å². The molecule has 1 unspecified atom stereocenters. The number of aromatic nitrogens is 3. The quantitative estimate of drug-likeness (QED) is 0.432. The third-order valence-electron chi connectivity index (χ3n) is 5.81. The highest BCUT2D eigenvalue weighted by Crippen LogP contribution is 2.21. The Balaban J connectivity index is 1.23. The van der Waals surface area contributed by atoms with Gasteiger partial charge in [-0.05, 0) is 31.4 Å². The Kier molecular flexibility index (Phi) is 6.61. The van der Waals surface area contributed by atoms with E-state index in [2.05, 4.69) is 30.4 Å². The third-order valence-corrected chi connectivity index (χ3v) is 5.81. The highest BCUT2D eigenvalue weighted by molar-refractivity contribution is 5.97. The molecule has 2 aliphatic heterocycles. The molecule has 1 atom stereocenters. The first-order valence-electron chi connectivity index (χ1n) is 11.0. The van der Waals surface area contributed by atoms with Crippen molar-refractivity contribution in [2.24, 2.45) is 4.99 Å². The van der Waals surface area contributed by atoms with Gasteiger partial charge in [0.1, 0.15) is 11.6 Å². The molecule has 1 fully saturated rings. The minimum atomic E-state index is 0.0520. The first-order valence-corrected chi connectivity index (χ1v) is 11.0. The van der Waals surface area contributed by atoms with Crippen molar-refractivity contribution in [1.82, 2.24) is 25.4 Å². The molecule has 3 heterocycles. The summed E-state index contributed by atoms with van der Waals surface area (Å²) in [6.07, 6.45) is 7.08. The molecule has 0 aliphatic carbocycles. The van der Waals surface area contributed by atoms with Gasteiger partial charge in [0.2, 0.25) is 5.91 Å². The number of rotatable bonds is 6. The number of amides is 1. The van der Waals surface area contributed by atoms with Crippen molar-refractivity contribution in [3.05, 3.63) is 42.0 Å². The predicted molar refractivity (Wildman–Crippen MR) is 118 cm³/mol. The van der Waals surface area contributed by atoms with Crippen LogP contribution in [0.25, 0.3) is 0 Å². The van der Waals surface area contributed by atoms with E-state index in [1.54, 1.807) is 7.05 Å². The second-order valence-corrected chi connectivity index (χ2v) is 7.98. The molecule has 2 aromatic rings. The van der Waals surface area contributed by atoms with Gasteiger partial charge in [0.05, 0.1) is 6.04 Å². The Morgan fingerprint density at radius 1 is 1.20 bits per heavy atom. The lowest BCUT2D eigenvalue weighted by Crippen LogP contribution is -2.44. The molecule has 4 rings (SSSR count). The second-order valence-electron chi connectivity index (χ2n) is 7.98. The summed E-state index contributed by atoms with van der Waals surface area (Å²) >= 11 is 0. The number of nitrogens with zero attached hydrogens (tertiary/aromatic N) is 5. The van der Waals surface area contributed by atoms with Gasteiger partial charge in [0, 0.05) is 51.6 Å². The Labute approximate surface area is 177 Å². The molecule has 2 N–H and O–H groups in total. The second kappa shape index (κ2) is 9.73. The number of aryl methyl sites for hydroxylation is 2. The number of nitrogens with one attached hydrogen (secondary N) is 2. The van der Waals surface area contributed by atoms with Crippen LogP contribution in [0.3, 0.4) is 0 Å². The van der Waals surface area contributed by atoms with E-state index in [1.165, 1.54) is 19.3 Å². The number of carbonyl (C=O) groups excluding carboxylic acids is 1. The average molecular weight is 410 g/mol. The number of carbonyl (C=O) groups is 1. The van der Waals surface area contributed by atoms with Crippen molar-refractivity contribution < 1.29 is 4.79 Å². The van der Waals surface area contributed by atoms with Crippen LogP contribution in [0.2, 0.25) is 0 Å². The van der Waals surface area contributed by atoms with E-state index >= 15 is 0 Å². The Morgan fingerprint density at radius 2 is 2.07 bits per heavy atom. The zero-order valence-electron chi connectivity index (χ0n) is 17.7. The Hall–Kier alpha value is -2.90. The Bertz CT molecular complexity index is 877. The zero-order chi connectivity index (χ0) is 20.8. The molecule has 30 heavy (non-hydrogen) atoms. The first kappa shape index (κ1) is 20.4. The van der Waals surface area contributed by atoms with Crippen LogP contribution in [0.5, 0.6) is 0 Å². The summed E-state index contributed by atoms with van der Waals surface area (Å²) in [4.78, 5) is 18.6. The predicted octanol–water partition coefficient (Wildman–Crippen LogP) is 1.91. The maximum absolute atomic E-state index is 12.4. The maximum Gasteiger partial charge on any atom is 0.229 e. The minimum Gasteiger partial charge on any atom is -0.356 e. The molecule has 1 amide bonds. The van der Waals surface area contributed by atoms with E-state index in [9.17, 15) is 4.79 Å². The van der Waals surface area contributed by atoms with E-state index in [0.717, 1.165) is 55.6 Å². The molecule has 8 nitrogen and oxygen atoms in total. The Morgan fingerprint density at radius 3 is 2.90 bits per heavy atom. The number of fused-ring (bicyclic) bond motifs is 1. The molecule has 1 saturated heterocycles. The summed E-state index contributed by atoms with van der Waals surface area (Å²) < 4.78 is 2.31. The van der Waals surface area contributed by atoms with Gasteiger partial charge in [-0.15, -0.1) is 10.2 Å². The van der Waals surface area contributed by atoms with Crippen LogP contribution >= 0.6 is 0 Å². The lowest BCUT2D eigenvalue weighted by Gasteiger charge is -2.19. The molecular formula is C22H31N7O. The van der Waals surface area contributed by atoms with Gasteiger partial charge in [-0.25, -0.2) is 0 Å². The van der Waals surface area contributed by atoms with Crippen LogP contribution in [0.4, 0.5) is 5.69 Å². The van der Waals surface area contributed by atoms with E-state index in [-0.39, 0.29) is 11.9 Å². The van der Waals surface area contributed by atoms with Crippen molar-refractivity contribution in [1.29, 1.82) is 0 Å². The third kappa shape index (κ3) is 4.80. The number of anilines is 1. The molecule has 2 aliphatic rings. The lowest BCUT2D eigenvalue weighted by atomic mass is 10.2. The van der Waals surface area contributed by atoms with Crippen LogP contribution in [-0.2, 0) is 24.2 Å². The first-order chi connectivity index (χ1) is 14.7. The van der Waals surface area contributed by atoms with Gasteiger partial charge < -0.3 is 20.1 Å². The monoisotopic (exact) mass is 409 g/mol. The van der Waals surface area contributed by atoms with E-state index in [0.29, 0.717) is 13.0 Å². The standard InChI is InChI=1S/C22H31N7O/c1-23-22(25-17-15-21(30)29(16-17)18-9-4-2-5-10-18)24-13-8-12-20-27-26-19-11-6-3-7-14-28(19)20/h2,4-5,9-10,17H,3,6-8,11-16H2,1H3,(H2,23,24,25). The van der Waals surface area contributed by atoms with Crippen molar-refractivity contribution in [2.75, 3.05) is 25.0 Å². The van der Waals surface area contributed by atoms with Crippen molar-refractivity contribution in [3.63, 3.8) is 0 Å². The van der Waals surface area contributed by atoms with Crippen LogP contribution in [0, 0.1) is 0 Å². The minimum absolute atomic E-state index is 0.0520. The smallest absolute Gasteiger partial charge is 0.229 e. The number of aliphatic imine (C=N–C) groups is 1. The molecule has 160 valence electrons. The molecule has 0 saturated carbocycles. The summed E-state index contributed by atoms with van der Waals surface area (Å²) in [6, 6.07) is 9.87. The molecule has 1 aromatic carbocycles. The fourth-order valence-corrected chi connectivity index (χ4v) is 4.23. The largest absolute Gasteiger partial charge is 0.356 e. The number of benzene rings is 1. The van der Waals surface area contributed by atoms with Crippen LogP contribution in [0.15, 0.2) is 35.3 Å². The van der Waals surface area contributed by atoms with E-state index < -0.39 is 0 Å². The fraction of sp³-hybridized carbons (Fsp3) is 0.545. The highest BCUT2D eigenvalue weighted by atomic mass is 16.2. The molecule has 0 bridgehead atoms. The summed E-state index contributed by atoms with van der Waals surface area (Å²) in [5.74, 6) is 3.11. The van der Waals surface area contributed by atoms with Gasteiger partial charge in [0.25, 0.3) is 0 Å². The van der Waals surface area contributed by atoms with Crippen LogP contribution < -0.4 is 15.5 Å². The molecule has 0 spiro atoms. The van der Waals surface area contributed by atoms with Crippen molar-refractivity contribution in [2.45, 2.75) is 57.5 Å². The normalized spacial score (nSPS) is 19.5. The SMILES string of the molecule is CN=C(NCCCc1nnc2n1CCCCC2)NC1CC(=O)N(c2ccccc2)C1. The summed E-state index contributed by atoms with van der Waals surface area (Å²) in [5, 5.41) is 15.5. The fourth-order valence-electron chi connectivity index (χ4n) is 4.23. The molecule has 8 heteroatoms. The maximum atomic E-state index is 12.4. The van der Waals surface area contributed by atoms with Crippen molar-refractivity contribution in [3.8, 4) is 0 Å². The van der Waals surface area contributed by atoms with Crippen LogP contribution in [0.1, 0.15) is 43.8 Å². The van der Waals surface area contributed by atoms with Gasteiger partial charge in [-0.2, -0.15) is 0 Å². The lowest BCUT2D eigenvalue weighted by molar-refractivity contribution is -0.117. The molecule has 1 aromatic heterocycles. The number of guanidine groups is 1. The highest BCUT2D eigenvalue weighted by Gasteiger charge is 2.31. The topological polar surface area (TPSA) is 87.4 Å². The molecule has 0 radical (unpaired) electrons. The summed E-state index contributed by atoms with van der Waals surface area (Å²) in [7, 11) is 1.76.